The molecule has 2 atom stereocenters. The van der Waals surface area contributed by atoms with Crippen molar-refractivity contribution in [3.05, 3.63) is 91.0 Å². The first-order valence-electron chi connectivity index (χ1n) is 15.3. The van der Waals surface area contributed by atoms with Gasteiger partial charge >= 0.3 is 11.9 Å². The topological polar surface area (TPSA) is 137 Å². The summed E-state index contributed by atoms with van der Waals surface area (Å²) in [4.78, 5) is 48.5. The number of hydrogen-bond donors (Lipinski definition) is 4. The molecule has 0 aliphatic carbocycles. The predicted octanol–water partition coefficient (Wildman–Crippen LogP) is -0.523. The number of carbonyl (C=O) groups excluding carboxylic acids is 4. The van der Waals surface area contributed by atoms with E-state index in [-0.39, 0.29) is 36.4 Å². The molecule has 2 amide bonds. The predicted molar refractivity (Wildman–Crippen MR) is 190 cm³/mol. The fourth-order valence-corrected chi connectivity index (χ4v) is 10.5. The Hall–Kier alpha value is -3.37. The number of carbonyl (C=O) groups is 4. The maximum Gasteiger partial charge on any atom is 0.325 e. The van der Waals surface area contributed by atoms with E-state index in [9.17, 15) is 19.2 Å². The summed E-state index contributed by atoms with van der Waals surface area (Å²) in [5, 5.41) is 11.4. The maximum absolute atomic E-state index is 12.8. The van der Waals surface area contributed by atoms with Crippen LogP contribution in [0.5, 0.6) is 0 Å². The molecule has 0 saturated heterocycles. The molecule has 9 nitrogen and oxygen atoms in total. The van der Waals surface area contributed by atoms with Gasteiger partial charge in [0.25, 0.3) is 0 Å². The van der Waals surface area contributed by atoms with Crippen LogP contribution in [0.15, 0.2) is 91.0 Å². The molecule has 0 radical (unpaired) electrons. The van der Waals surface area contributed by atoms with E-state index in [1.165, 1.54) is 30.1 Å². The van der Waals surface area contributed by atoms with E-state index < -0.39 is 43.1 Å². The van der Waals surface area contributed by atoms with Gasteiger partial charge in [0.2, 0.25) is 11.8 Å². The van der Waals surface area contributed by atoms with Gasteiger partial charge < -0.3 is 42.8 Å². The molecule has 0 saturated carbocycles. The van der Waals surface area contributed by atoms with Crippen molar-refractivity contribution >= 4 is 63.6 Å². The number of methoxy groups -OCH3 is 2. The summed E-state index contributed by atoms with van der Waals surface area (Å²) in [5.41, 5.74) is 5.74. The van der Waals surface area contributed by atoms with Crippen molar-refractivity contribution in [2.45, 2.75) is 44.2 Å². The van der Waals surface area contributed by atoms with Crippen LogP contribution in [0.3, 0.4) is 0 Å². The molecule has 0 aliphatic rings. The normalized spacial score (nSPS) is 12.5. The number of rotatable bonds is 18. The molecule has 0 heterocycles. The number of halogens is 1. The minimum Gasteiger partial charge on any atom is -1.00 e. The highest BCUT2D eigenvalue weighted by Gasteiger charge is 2.44. The fourth-order valence-electron chi connectivity index (χ4n) is 5.11. The van der Waals surface area contributed by atoms with E-state index in [4.69, 9.17) is 5.73 Å². The third-order valence-corrected chi connectivity index (χ3v) is 13.2. The number of esters is 2. The number of benzene rings is 3. The monoisotopic (exact) mass is 745 g/mol. The van der Waals surface area contributed by atoms with Crippen molar-refractivity contribution in [2.75, 3.05) is 32.7 Å². The second-order valence-corrected chi connectivity index (χ2v) is 15.4. The van der Waals surface area contributed by atoms with Gasteiger partial charge in [-0.3, -0.25) is 19.2 Å². The molecule has 12 heteroatoms. The Morgan fingerprint density at radius 3 is 1.85 bits per heavy atom. The number of thiol groups is 1. The van der Waals surface area contributed by atoms with Crippen molar-refractivity contribution in [3.8, 4) is 0 Å². The molecular formula is C35H45BrN3O6PS. The number of nitrogens with one attached hydrogen (secondary N) is 2. The van der Waals surface area contributed by atoms with Gasteiger partial charge in [-0.15, -0.1) is 0 Å². The highest BCUT2D eigenvalue weighted by Crippen LogP contribution is 2.55. The SMILES string of the molecule is COC(=O)CNC(=O)C(C[SH]=CCCCC[P+](c1ccccc1)(c1ccccc1)c1ccccc1)NC(=O)CCC(N)C(=O)OC.[Br-]. The van der Waals surface area contributed by atoms with E-state index in [0.717, 1.165) is 36.8 Å². The molecule has 0 bridgehead atoms. The number of nitrogens with two attached hydrogens (primary N) is 1. The zero-order chi connectivity index (χ0) is 33.2. The summed E-state index contributed by atoms with van der Waals surface area (Å²) >= 11 is 0.876. The molecular weight excluding hydrogens is 701 g/mol. The molecule has 0 fully saturated rings. The number of hydrogen-bond acceptors (Lipinski definition) is 7. The fraction of sp³-hybridized carbons (Fsp3) is 0.343. The molecule has 47 heavy (non-hydrogen) atoms. The highest BCUT2D eigenvalue weighted by molar-refractivity contribution is 7.97. The van der Waals surface area contributed by atoms with E-state index in [1.54, 1.807) is 0 Å². The van der Waals surface area contributed by atoms with Gasteiger partial charge in [0, 0.05) is 12.2 Å². The second kappa shape index (κ2) is 21.5. The van der Waals surface area contributed by atoms with Crippen molar-refractivity contribution in [1.82, 2.24) is 10.6 Å². The van der Waals surface area contributed by atoms with Crippen molar-refractivity contribution < 1.29 is 45.6 Å². The van der Waals surface area contributed by atoms with E-state index in [1.807, 2.05) is 0 Å². The van der Waals surface area contributed by atoms with Crippen LogP contribution in [0.4, 0.5) is 0 Å². The van der Waals surface area contributed by atoms with Crippen LogP contribution in [0.25, 0.3) is 0 Å². The summed E-state index contributed by atoms with van der Waals surface area (Å²) in [5.74, 6) is -1.77. The molecule has 4 N–H and O–H groups in total. The van der Waals surface area contributed by atoms with Gasteiger partial charge in [-0.2, -0.15) is 0 Å². The van der Waals surface area contributed by atoms with E-state index in [0.29, 0.717) is 5.75 Å². The molecule has 254 valence electrons. The third kappa shape index (κ3) is 12.3. The summed E-state index contributed by atoms with van der Waals surface area (Å²) < 4.78 is 9.20. The lowest BCUT2D eigenvalue weighted by atomic mass is 10.1. The quantitative estimate of drug-likeness (QED) is 0.0453. The van der Waals surface area contributed by atoms with Gasteiger partial charge in [-0.05, 0) is 62.1 Å². The lowest BCUT2D eigenvalue weighted by molar-refractivity contribution is -0.142. The van der Waals surface area contributed by atoms with Gasteiger partial charge in [-0.25, -0.2) is 11.4 Å². The summed E-state index contributed by atoms with van der Waals surface area (Å²) in [6.07, 6.45) is 3.89. The van der Waals surface area contributed by atoms with E-state index >= 15 is 0 Å². The summed E-state index contributed by atoms with van der Waals surface area (Å²) in [7, 11) is 0.576. The highest BCUT2D eigenvalue weighted by atomic mass is 79.9. The van der Waals surface area contributed by atoms with Crippen LogP contribution in [0, 0.1) is 0 Å². The van der Waals surface area contributed by atoms with E-state index in [2.05, 4.69) is 116 Å². The third-order valence-electron chi connectivity index (χ3n) is 7.56. The molecule has 0 aliphatic heterocycles. The maximum atomic E-state index is 12.8. The average Bonchev–Trinajstić information content (AvgIpc) is 3.10. The smallest absolute Gasteiger partial charge is 0.325 e. The number of ether oxygens (including phenoxy) is 2. The molecule has 3 aromatic rings. The van der Waals surface area contributed by atoms with Gasteiger partial charge in [0.05, 0.1) is 20.4 Å². The van der Waals surface area contributed by atoms with Crippen LogP contribution < -0.4 is 49.3 Å². The Balaban J connectivity index is 0.00000768. The van der Waals surface area contributed by atoms with Gasteiger partial charge in [0.1, 0.15) is 41.8 Å². The Labute approximate surface area is 292 Å². The molecule has 3 aromatic carbocycles. The van der Waals surface area contributed by atoms with Crippen LogP contribution in [-0.4, -0.2) is 73.9 Å². The van der Waals surface area contributed by atoms with Crippen molar-refractivity contribution in [1.29, 1.82) is 0 Å². The zero-order valence-electron chi connectivity index (χ0n) is 26.8. The molecule has 3 rings (SSSR count). The largest absolute Gasteiger partial charge is 1.00 e. The Morgan fingerprint density at radius 1 is 0.830 bits per heavy atom. The minimum absolute atomic E-state index is 0. The Bertz CT molecular complexity index is 1340. The Kier molecular flexibility index (Phi) is 18.2. The van der Waals surface area contributed by atoms with Crippen molar-refractivity contribution in [2.24, 2.45) is 5.73 Å². The average molecular weight is 747 g/mol. The first-order chi connectivity index (χ1) is 22.3. The van der Waals surface area contributed by atoms with Gasteiger partial charge in [-0.1, -0.05) is 60.0 Å². The van der Waals surface area contributed by atoms with Crippen LogP contribution in [0.1, 0.15) is 32.1 Å². The lowest BCUT2D eigenvalue weighted by Gasteiger charge is -2.27. The number of amides is 2. The van der Waals surface area contributed by atoms with Gasteiger partial charge in [0.15, 0.2) is 0 Å². The second-order valence-electron chi connectivity index (χ2n) is 10.7. The molecule has 0 aromatic heterocycles. The standard InChI is InChI=1S/C35H44N3O6PS.BrH/c1-43-33(40)25-37-34(41)31(38-32(39)22-21-30(36)35(42)44-2)26-46-24-14-6-13-23-45(27-15-7-3-8-16-27,28-17-9-4-10-18-28)29-19-11-5-12-20-29;/h3-5,7-12,15-20,24,30-31,46H,6,13-14,21-23,25-26,36H2,1-2H3,(H-,37,38,39,41);1H. The van der Waals surface area contributed by atoms with Crippen LogP contribution in [-0.2, 0) is 28.7 Å². The van der Waals surface area contributed by atoms with Crippen LogP contribution in [0.2, 0.25) is 0 Å². The first kappa shape index (κ1) is 39.8. The van der Waals surface area contributed by atoms with Crippen LogP contribution >= 0.6 is 18.6 Å². The first-order valence-corrected chi connectivity index (χ1v) is 18.4. The molecule has 2 unspecified atom stereocenters. The minimum atomic E-state index is -1.89. The summed E-state index contributed by atoms with van der Waals surface area (Å²) in [6, 6.07) is 30.6. The summed E-state index contributed by atoms with van der Waals surface area (Å²) in [6.45, 7) is -0.301. The molecule has 0 spiro atoms. The van der Waals surface area contributed by atoms with Crippen molar-refractivity contribution in [3.63, 3.8) is 0 Å². The Morgan fingerprint density at radius 2 is 1.36 bits per heavy atom. The zero-order valence-corrected chi connectivity index (χ0v) is 30.2. The number of unbranched alkanes of at least 4 members (excludes halogenated alkanes) is 2. The lowest BCUT2D eigenvalue weighted by Crippen LogP contribution is -3.00.